The standard InChI is InChI=1S/C15H20O4S/c1-4-13(15(18)19-9-10(2)3)20-12-7-5-11(6-8-12)14(16)17/h5-8,10,13H,4,9H2,1-3H3,(H,16,17). The summed E-state index contributed by atoms with van der Waals surface area (Å²) >= 11 is 1.40. The molecule has 1 aromatic rings. The summed E-state index contributed by atoms with van der Waals surface area (Å²) in [4.78, 5) is 23.6. The molecule has 1 aromatic carbocycles. The van der Waals surface area contributed by atoms with Crippen molar-refractivity contribution in [2.24, 2.45) is 5.92 Å². The summed E-state index contributed by atoms with van der Waals surface area (Å²) in [6.45, 7) is 6.34. The van der Waals surface area contributed by atoms with E-state index in [-0.39, 0.29) is 16.8 Å². The van der Waals surface area contributed by atoms with Crippen LogP contribution in [-0.2, 0) is 9.53 Å². The number of aromatic carboxylic acids is 1. The minimum atomic E-state index is -0.954. The average molecular weight is 296 g/mol. The molecule has 0 saturated heterocycles. The minimum absolute atomic E-state index is 0.214. The fraction of sp³-hybridized carbons (Fsp3) is 0.467. The van der Waals surface area contributed by atoms with Crippen LogP contribution in [0.4, 0.5) is 0 Å². The second-order valence-corrected chi connectivity index (χ2v) is 6.14. The van der Waals surface area contributed by atoms with Crippen molar-refractivity contribution in [2.45, 2.75) is 37.3 Å². The molecule has 0 heterocycles. The van der Waals surface area contributed by atoms with Gasteiger partial charge in [-0.3, -0.25) is 4.79 Å². The van der Waals surface area contributed by atoms with E-state index in [1.165, 1.54) is 23.9 Å². The van der Waals surface area contributed by atoms with Gasteiger partial charge in [-0.15, -0.1) is 11.8 Å². The molecule has 1 atom stereocenters. The SMILES string of the molecule is CCC(Sc1ccc(C(=O)O)cc1)C(=O)OCC(C)C. The molecule has 0 aromatic heterocycles. The average Bonchev–Trinajstić information content (AvgIpc) is 2.42. The molecule has 4 nitrogen and oxygen atoms in total. The van der Waals surface area contributed by atoms with Crippen molar-refractivity contribution in [3.8, 4) is 0 Å². The van der Waals surface area contributed by atoms with Crippen LogP contribution >= 0.6 is 11.8 Å². The summed E-state index contributed by atoms with van der Waals surface area (Å²) in [5.74, 6) is -0.852. The lowest BCUT2D eigenvalue weighted by molar-refractivity contribution is -0.144. The molecule has 5 heteroatoms. The number of esters is 1. The zero-order valence-electron chi connectivity index (χ0n) is 12.0. The van der Waals surface area contributed by atoms with Crippen LogP contribution in [0.3, 0.4) is 0 Å². The highest BCUT2D eigenvalue weighted by molar-refractivity contribution is 8.00. The largest absolute Gasteiger partial charge is 0.478 e. The third kappa shape index (κ3) is 5.25. The van der Waals surface area contributed by atoms with E-state index in [4.69, 9.17) is 9.84 Å². The number of carboxylic acid groups (broad SMARTS) is 1. The number of carboxylic acids is 1. The Hall–Kier alpha value is -1.49. The molecule has 0 spiro atoms. The molecule has 20 heavy (non-hydrogen) atoms. The fourth-order valence-corrected chi connectivity index (χ4v) is 2.43. The minimum Gasteiger partial charge on any atom is -0.478 e. The predicted molar refractivity (Wildman–Crippen MR) is 79.1 cm³/mol. The highest BCUT2D eigenvalue weighted by Gasteiger charge is 2.19. The Morgan fingerprint density at radius 3 is 2.30 bits per heavy atom. The van der Waals surface area contributed by atoms with Gasteiger partial charge in [0, 0.05) is 4.90 Å². The van der Waals surface area contributed by atoms with Gasteiger partial charge >= 0.3 is 11.9 Å². The van der Waals surface area contributed by atoms with Crippen LogP contribution in [-0.4, -0.2) is 28.9 Å². The number of carbonyl (C=O) groups excluding carboxylic acids is 1. The summed E-state index contributed by atoms with van der Waals surface area (Å²) < 4.78 is 5.24. The van der Waals surface area contributed by atoms with E-state index in [2.05, 4.69) is 0 Å². The van der Waals surface area contributed by atoms with Crippen molar-refractivity contribution in [1.29, 1.82) is 0 Å². The van der Waals surface area contributed by atoms with Gasteiger partial charge in [0.2, 0.25) is 0 Å². The predicted octanol–water partition coefficient (Wildman–Crippen LogP) is 3.45. The van der Waals surface area contributed by atoms with Gasteiger partial charge < -0.3 is 9.84 Å². The van der Waals surface area contributed by atoms with Gasteiger partial charge in [-0.25, -0.2) is 4.79 Å². The number of rotatable bonds is 7. The molecule has 110 valence electrons. The van der Waals surface area contributed by atoms with Crippen LogP contribution in [0.2, 0.25) is 0 Å². The van der Waals surface area contributed by atoms with Crippen molar-refractivity contribution < 1.29 is 19.4 Å². The Bertz CT molecular complexity index is 453. The van der Waals surface area contributed by atoms with E-state index in [1.807, 2.05) is 20.8 Å². The summed E-state index contributed by atoms with van der Waals surface area (Å²) in [5, 5.41) is 8.57. The van der Waals surface area contributed by atoms with E-state index in [9.17, 15) is 9.59 Å². The van der Waals surface area contributed by atoms with Crippen molar-refractivity contribution in [2.75, 3.05) is 6.61 Å². The van der Waals surface area contributed by atoms with Crippen LogP contribution in [0, 0.1) is 5.92 Å². The van der Waals surface area contributed by atoms with E-state index in [0.717, 1.165) is 4.90 Å². The van der Waals surface area contributed by atoms with Crippen LogP contribution in [0.5, 0.6) is 0 Å². The molecule has 0 saturated carbocycles. The lowest BCUT2D eigenvalue weighted by atomic mass is 10.2. The Kier molecular flexibility index (Phi) is 6.58. The van der Waals surface area contributed by atoms with Crippen LogP contribution in [0.15, 0.2) is 29.2 Å². The van der Waals surface area contributed by atoms with Gasteiger partial charge in [-0.05, 0) is 36.6 Å². The number of carbonyl (C=O) groups is 2. The van der Waals surface area contributed by atoms with Crippen LogP contribution < -0.4 is 0 Å². The van der Waals surface area contributed by atoms with Crippen molar-refractivity contribution in [1.82, 2.24) is 0 Å². The Morgan fingerprint density at radius 1 is 1.25 bits per heavy atom. The number of thioether (sulfide) groups is 1. The third-order valence-corrected chi connectivity index (χ3v) is 3.93. The molecular formula is C15H20O4S. The smallest absolute Gasteiger partial charge is 0.335 e. The monoisotopic (exact) mass is 296 g/mol. The molecule has 1 rings (SSSR count). The molecule has 1 N–H and O–H groups in total. The first-order chi connectivity index (χ1) is 9.43. The van der Waals surface area contributed by atoms with Gasteiger partial charge in [0.05, 0.1) is 12.2 Å². The van der Waals surface area contributed by atoms with E-state index < -0.39 is 5.97 Å². The van der Waals surface area contributed by atoms with Gasteiger partial charge in [-0.2, -0.15) is 0 Å². The highest BCUT2D eigenvalue weighted by atomic mass is 32.2. The maximum atomic E-state index is 11.9. The molecule has 0 fully saturated rings. The topological polar surface area (TPSA) is 63.6 Å². The molecule has 0 amide bonds. The molecule has 0 aliphatic heterocycles. The molecular weight excluding hydrogens is 276 g/mol. The van der Waals surface area contributed by atoms with E-state index in [0.29, 0.717) is 18.9 Å². The number of ether oxygens (including phenoxy) is 1. The highest BCUT2D eigenvalue weighted by Crippen LogP contribution is 2.26. The second-order valence-electron chi connectivity index (χ2n) is 4.87. The third-order valence-electron chi connectivity index (χ3n) is 2.57. The Morgan fingerprint density at radius 2 is 1.85 bits per heavy atom. The number of hydrogen-bond acceptors (Lipinski definition) is 4. The van der Waals surface area contributed by atoms with Crippen molar-refractivity contribution in [3.63, 3.8) is 0 Å². The van der Waals surface area contributed by atoms with Gasteiger partial charge in [-0.1, -0.05) is 20.8 Å². The zero-order chi connectivity index (χ0) is 15.1. The summed E-state index contributed by atoms with van der Waals surface area (Å²) in [6, 6.07) is 6.51. The Balaban J connectivity index is 2.63. The molecule has 0 radical (unpaired) electrons. The van der Waals surface area contributed by atoms with Crippen LogP contribution in [0.1, 0.15) is 37.6 Å². The molecule has 0 bridgehead atoms. The fourth-order valence-electron chi connectivity index (χ4n) is 1.48. The maximum Gasteiger partial charge on any atom is 0.335 e. The number of hydrogen-bond donors (Lipinski definition) is 1. The lowest BCUT2D eigenvalue weighted by Gasteiger charge is -2.15. The summed E-state index contributed by atoms with van der Waals surface area (Å²) in [5.41, 5.74) is 0.241. The van der Waals surface area contributed by atoms with Crippen LogP contribution in [0.25, 0.3) is 0 Å². The normalized spacial score (nSPS) is 12.2. The molecule has 1 unspecified atom stereocenters. The summed E-state index contributed by atoms with van der Waals surface area (Å²) in [6.07, 6.45) is 0.669. The maximum absolute atomic E-state index is 11.9. The first-order valence-corrected chi connectivity index (χ1v) is 7.48. The van der Waals surface area contributed by atoms with Gasteiger partial charge in [0.1, 0.15) is 5.25 Å². The lowest BCUT2D eigenvalue weighted by Crippen LogP contribution is -2.21. The molecule has 0 aliphatic rings. The van der Waals surface area contributed by atoms with E-state index in [1.54, 1.807) is 12.1 Å². The van der Waals surface area contributed by atoms with Crippen molar-refractivity contribution >= 4 is 23.7 Å². The first kappa shape index (κ1) is 16.6. The van der Waals surface area contributed by atoms with E-state index >= 15 is 0 Å². The van der Waals surface area contributed by atoms with Crippen molar-refractivity contribution in [3.05, 3.63) is 29.8 Å². The first-order valence-electron chi connectivity index (χ1n) is 6.60. The number of benzene rings is 1. The van der Waals surface area contributed by atoms with Gasteiger partial charge in [0.25, 0.3) is 0 Å². The quantitative estimate of drug-likeness (QED) is 0.616. The second kappa shape index (κ2) is 7.94. The Labute approximate surface area is 123 Å². The van der Waals surface area contributed by atoms with Gasteiger partial charge in [0.15, 0.2) is 0 Å². The zero-order valence-corrected chi connectivity index (χ0v) is 12.8. The molecule has 0 aliphatic carbocycles. The summed E-state index contributed by atoms with van der Waals surface area (Å²) in [7, 11) is 0.